The van der Waals surface area contributed by atoms with Crippen LogP contribution in [0.4, 0.5) is 0 Å². The van der Waals surface area contributed by atoms with Crippen molar-refractivity contribution in [1.82, 2.24) is 0 Å². The number of aliphatic hydroxyl groups excluding tert-OH is 4. The summed E-state index contributed by atoms with van der Waals surface area (Å²) < 4.78 is 22.2. The van der Waals surface area contributed by atoms with E-state index in [4.69, 9.17) is 18.9 Å². The Morgan fingerprint density at radius 3 is 1.39 bits per heavy atom. The van der Waals surface area contributed by atoms with Gasteiger partial charge in [0.1, 0.15) is 31.0 Å². The summed E-state index contributed by atoms with van der Waals surface area (Å²) in [6.07, 6.45) is 43.0. The van der Waals surface area contributed by atoms with E-state index in [1.807, 2.05) is 0 Å². The van der Waals surface area contributed by atoms with Gasteiger partial charge in [-0.3, -0.25) is 9.59 Å². The van der Waals surface area contributed by atoms with Gasteiger partial charge in [0, 0.05) is 12.8 Å². The minimum absolute atomic E-state index is 0.225. The van der Waals surface area contributed by atoms with Crippen LogP contribution >= 0.6 is 0 Å². The van der Waals surface area contributed by atoms with Gasteiger partial charge < -0.3 is 39.4 Å². The topological polar surface area (TPSA) is 152 Å². The Balaban J connectivity index is 2.26. The predicted octanol–water partition coefficient (Wildman–Crippen LogP) is 11.8. The second-order valence-electron chi connectivity index (χ2n) is 17.6. The number of aliphatic hydroxyl groups is 4. The third kappa shape index (κ3) is 33.4. The number of hydrogen-bond donors (Lipinski definition) is 4. The fourth-order valence-electron chi connectivity index (χ4n) is 7.73. The molecule has 0 aromatic carbocycles. The van der Waals surface area contributed by atoms with Crippen molar-refractivity contribution >= 4 is 11.9 Å². The number of unbranched alkanes of at least 4 members (excludes halogenated alkanes) is 26. The Morgan fingerprint density at radius 1 is 0.500 bits per heavy atom. The molecule has 0 amide bonds. The molecule has 6 atom stereocenters. The van der Waals surface area contributed by atoms with E-state index in [0.29, 0.717) is 12.8 Å². The summed E-state index contributed by atoms with van der Waals surface area (Å²) in [5.74, 6) is -0.842. The summed E-state index contributed by atoms with van der Waals surface area (Å²) in [5.41, 5.74) is 0. The number of ether oxygens (including phenoxy) is 4. The smallest absolute Gasteiger partial charge is 0.306 e. The molecule has 0 saturated carbocycles. The van der Waals surface area contributed by atoms with E-state index in [9.17, 15) is 30.0 Å². The lowest BCUT2D eigenvalue weighted by atomic mass is 9.99. The molecule has 362 valence electrons. The van der Waals surface area contributed by atoms with Gasteiger partial charge in [0.05, 0.1) is 13.2 Å². The third-order valence-corrected chi connectivity index (χ3v) is 11.8. The molecule has 0 aliphatic carbocycles. The van der Waals surface area contributed by atoms with Crippen molar-refractivity contribution in [2.75, 3.05) is 19.8 Å². The molecule has 1 aliphatic rings. The number of allylic oxidation sites excluding steroid dienone is 6. The maximum Gasteiger partial charge on any atom is 0.306 e. The minimum Gasteiger partial charge on any atom is -0.462 e. The molecule has 10 heteroatoms. The minimum atomic E-state index is -1.60. The second-order valence-corrected chi connectivity index (χ2v) is 17.6. The lowest BCUT2D eigenvalue weighted by Gasteiger charge is -2.39. The molecule has 62 heavy (non-hydrogen) atoms. The largest absolute Gasteiger partial charge is 0.462 e. The average molecular weight is 879 g/mol. The third-order valence-electron chi connectivity index (χ3n) is 11.8. The molecule has 0 aromatic heterocycles. The molecular formula is C52H94O10. The fraction of sp³-hybridized carbons (Fsp3) is 0.846. The molecule has 1 saturated heterocycles. The van der Waals surface area contributed by atoms with E-state index < -0.39 is 55.4 Å². The van der Waals surface area contributed by atoms with Gasteiger partial charge in [0.15, 0.2) is 12.4 Å². The quantitative estimate of drug-likeness (QED) is 0.0265. The molecule has 1 fully saturated rings. The van der Waals surface area contributed by atoms with Crippen LogP contribution in [0.25, 0.3) is 0 Å². The van der Waals surface area contributed by atoms with Crippen LogP contribution in [0.2, 0.25) is 0 Å². The molecular weight excluding hydrogens is 785 g/mol. The van der Waals surface area contributed by atoms with Crippen molar-refractivity contribution in [3.05, 3.63) is 36.5 Å². The van der Waals surface area contributed by atoms with E-state index in [2.05, 4.69) is 50.3 Å². The summed E-state index contributed by atoms with van der Waals surface area (Å²) in [7, 11) is 0. The fourth-order valence-corrected chi connectivity index (χ4v) is 7.73. The van der Waals surface area contributed by atoms with Gasteiger partial charge in [0.25, 0.3) is 0 Å². The van der Waals surface area contributed by atoms with Crippen molar-refractivity contribution in [2.24, 2.45) is 0 Å². The SMILES string of the molecule is CCCCC/C=C/C/C=C/C/C=C/CCCCC(=O)OC[C@H](CO[C@@H]1O[C@H](CO)[C@H](O)C(O)C1O)OC(=O)CCCCCCCCCCCCCCCCCCCCCCCC. The number of carbonyl (C=O) groups is 2. The zero-order valence-electron chi connectivity index (χ0n) is 39.6. The maximum absolute atomic E-state index is 12.8. The summed E-state index contributed by atoms with van der Waals surface area (Å²) in [6.45, 7) is 3.39. The van der Waals surface area contributed by atoms with Gasteiger partial charge in [-0.25, -0.2) is 0 Å². The van der Waals surface area contributed by atoms with Crippen molar-refractivity contribution in [3.63, 3.8) is 0 Å². The highest BCUT2D eigenvalue weighted by atomic mass is 16.7. The Bertz CT molecular complexity index is 1110. The van der Waals surface area contributed by atoms with Crippen LogP contribution < -0.4 is 0 Å². The van der Waals surface area contributed by atoms with Gasteiger partial charge in [-0.1, -0.05) is 198 Å². The molecule has 0 aromatic rings. The zero-order chi connectivity index (χ0) is 45.1. The number of carbonyl (C=O) groups excluding carboxylic acids is 2. The summed E-state index contributed by atoms with van der Waals surface area (Å²) in [6, 6.07) is 0. The van der Waals surface area contributed by atoms with Gasteiger partial charge in [-0.05, 0) is 51.4 Å². The van der Waals surface area contributed by atoms with Crippen LogP contribution in [-0.2, 0) is 28.5 Å². The van der Waals surface area contributed by atoms with Crippen molar-refractivity contribution in [2.45, 2.75) is 263 Å². The lowest BCUT2D eigenvalue weighted by molar-refractivity contribution is -0.305. The van der Waals surface area contributed by atoms with Crippen molar-refractivity contribution in [3.8, 4) is 0 Å². The Labute approximate surface area is 378 Å². The highest BCUT2D eigenvalue weighted by molar-refractivity contribution is 5.70. The predicted molar refractivity (Wildman–Crippen MR) is 252 cm³/mol. The van der Waals surface area contributed by atoms with Crippen molar-refractivity contribution in [1.29, 1.82) is 0 Å². The zero-order valence-corrected chi connectivity index (χ0v) is 39.6. The first-order valence-electron chi connectivity index (χ1n) is 25.6. The lowest BCUT2D eigenvalue weighted by Crippen LogP contribution is -2.59. The molecule has 1 rings (SSSR count). The van der Waals surface area contributed by atoms with E-state index in [-0.39, 0.29) is 26.1 Å². The van der Waals surface area contributed by atoms with Gasteiger partial charge >= 0.3 is 11.9 Å². The standard InChI is InChI=1S/C52H94O10/c1-3-5-7-9-11-13-15-17-19-20-21-22-23-24-25-27-29-31-33-35-37-39-41-48(55)61-45(44-60-52-51(58)50(57)49(56)46(42-53)62-52)43-59-47(54)40-38-36-34-32-30-28-26-18-16-14-12-10-8-6-4-2/h12,14,18,26,30,32,45-46,49-53,56-58H,3-11,13,15-17,19-25,27-29,31,33-44H2,1-2H3/b14-12+,26-18+,32-30+/t45-,46-,49+,50?,51?,52-/m1/s1. The van der Waals surface area contributed by atoms with E-state index in [0.717, 1.165) is 51.4 Å². The normalized spacial score (nSPS) is 19.9. The molecule has 10 nitrogen and oxygen atoms in total. The molecule has 1 heterocycles. The molecule has 1 aliphatic heterocycles. The van der Waals surface area contributed by atoms with Crippen LogP contribution in [0.3, 0.4) is 0 Å². The average Bonchev–Trinajstić information content (AvgIpc) is 3.27. The van der Waals surface area contributed by atoms with Gasteiger partial charge in [0.2, 0.25) is 0 Å². The van der Waals surface area contributed by atoms with Crippen LogP contribution in [0, 0.1) is 0 Å². The molecule has 0 spiro atoms. The van der Waals surface area contributed by atoms with Gasteiger partial charge in [-0.15, -0.1) is 0 Å². The van der Waals surface area contributed by atoms with Crippen LogP contribution in [0.1, 0.15) is 226 Å². The first-order chi connectivity index (χ1) is 30.3. The monoisotopic (exact) mass is 879 g/mol. The van der Waals surface area contributed by atoms with Crippen LogP contribution in [0.15, 0.2) is 36.5 Å². The van der Waals surface area contributed by atoms with Crippen molar-refractivity contribution < 1.29 is 49.0 Å². The first-order valence-corrected chi connectivity index (χ1v) is 25.6. The van der Waals surface area contributed by atoms with Crippen LogP contribution in [0.5, 0.6) is 0 Å². The summed E-state index contributed by atoms with van der Waals surface area (Å²) in [5, 5.41) is 40.2. The highest BCUT2D eigenvalue weighted by Crippen LogP contribution is 2.23. The first kappa shape index (κ1) is 57.9. The summed E-state index contributed by atoms with van der Waals surface area (Å²) in [4.78, 5) is 25.4. The maximum atomic E-state index is 12.8. The number of rotatable bonds is 43. The van der Waals surface area contributed by atoms with Crippen LogP contribution in [-0.4, -0.2) is 89.0 Å². The Hall–Kier alpha value is -2.08. The van der Waals surface area contributed by atoms with E-state index in [1.54, 1.807) is 0 Å². The molecule has 0 bridgehead atoms. The molecule has 2 unspecified atom stereocenters. The second kappa shape index (κ2) is 42.8. The molecule has 4 N–H and O–H groups in total. The summed E-state index contributed by atoms with van der Waals surface area (Å²) >= 11 is 0. The van der Waals surface area contributed by atoms with Gasteiger partial charge in [-0.2, -0.15) is 0 Å². The number of esters is 2. The highest BCUT2D eigenvalue weighted by Gasteiger charge is 2.44. The van der Waals surface area contributed by atoms with E-state index >= 15 is 0 Å². The van der Waals surface area contributed by atoms with E-state index in [1.165, 1.54) is 135 Å². The number of hydrogen-bond acceptors (Lipinski definition) is 10. The molecule has 0 radical (unpaired) electrons. The Morgan fingerprint density at radius 2 is 0.903 bits per heavy atom. The Kier molecular flexibility index (Phi) is 40.0.